The van der Waals surface area contributed by atoms with Gasteiger partial charge in [-0.15, -0.1) is 0 Å². The molecule has 0 radical (unpaired) electrons. The second-order valence-electron chi connectivity index (χ2n) is 5.31. The second kappa shape index (κ2) is 8.76. The number of anilines is 1. The van der Waals surface area contributed by atoms with E-state index in [1.165, 1.54) is 12.1 Å². The average Bonchev–Trinajstić information content (AvgIpc) is 2.55. The van der Waals surface area contributed by atoms with Gasteiger partial charge in [0, 0.05) is 36.8 Å². The Hall–Kier alpha value is -1.76. The van der Waals surface area contributed by atoms with Crippen LogP contribution in [-0.2, 0) is 4.79 Å². The summed E-state index contributed by atoms with van der Waals surface area (Å²) in [6, 6.07) is 5.85. The molecule has 1 aromatic carbocycles. The summed E-state index contributed by atoms with van der Waals surface area (Å²) in [6.45, 7) is 4.14. The van der Waals surface area contributed by atoms with Gasteiger partial charge in [-0.1, -0.05) is 13.0 Å². The van der Waals surface area contributed by atoms with Crippen molar-refractivity contribution in [3.05, 3.63) is 30.1 Å². The SMILES string of the molecule is CCC1CN(C(=NC)NCC(=O)Nc2cccc(F)c2)CCS1. The maximum atomic E-state index is 13.1. The predicted molar refractivity (Wildman–Crippen MR) is 94.5 cm³/mol. The fourth-order valence-electron chi connectivity index (χ4n) is 2.42. The zero-order valence-electron chi connectivity index (χ0n) is 13.5. The van der Waals surface area contributed by atoms with Crippen molar-refractivity contribution in [2.75, 3.05) is 37.8 Å². The van der Waals surface area contributed by atoms with Gasteiger partial charge in [-0.05, 0) is 24.6 Å². The van der Waals surface area contributed by atoms with E-state index in [1.807, 2.05) is 11.8 Å². The first kappa shape index (κ1) is 17.6. The van der Waals surface area contributed by atoms with Gasteiger partial charge in [-0.2, -0.15) is 11.8 Å². The molecule has 0 aromatic heterocycles. The number of aliphatic imine (C=N–C) groups is 1. The van der Waals surface area contributed by atoms with E-state index < -0.39 is 0 Å². The Morgan fingerprint density at radius 1 is 1.52 bits per heavy atom. The van der Waals surface area contributed by atoms with Crippen LogP contribution in [0.5, 0.6) is 0 Å². The number of nitrogens with zero attached hydrogens (tertiary/aromatic N) is 2. The number of amides is 1. The molecule has 1 fully saturated rings. The molecule has 1 aliphatic rings. The van der Waals surface area contributed by atoms with Gasteiger partial charge in [-0.3, -0.25) is 9.79 Å². The van der Waals surface area contributed by atoms with E-state index in [1.54, 1.807) is 19.2 Å². The van der Waals surface area contributed by atoms with Gasteiger partial charge in [0.1, 0.15) is 5.82 Å². The fourth-order valence-corrected chi connectivity index (χ4v) is 3.60. The van der Waals surface area contributed by atoms with E-state index in [4.69, 9.17) is 0 Å². The number of carbonyl (C=O) groups excluding carboxylic acids is 1. The molecular weight excluding hydrogens is 315 g/mol. The van der Waals surface area contributed by atoms with Gasteiger partial charge < -0.3 is 15.5 Å². The molecule has 1 aromatic rings. The molecule has 23 heavy (non-hydrogen) atoms. The van der Waals surface area contributed by atoms with Crippen LogP contribution in [0.1, 0.15) is 13.3 Å². The van der Waals surface area contributed by atoms with Crippen molar-refractivity contribution in [2.24, 2.45) is 4.99 Å². The maximum Gasteiger partial charge on any atom is 0.243 e. The standard InChI is InChI=1S/C16H23FN4OS/c1-3-14-11-21(7-8-23-14)16(18-2)19-10-15(22)20-13-6-4-5-12(17)9-13/h4-6,9,14H,3,7-8,10-11H2,1-2H3,(H,18,19)(H,20,22). The van der Waals surface area contributed by atoms with E-state index in [-0.39, 0.29) is 18.3 Å². The highest BCUT2D eigenvalue weighted by Gasteiger charge is 2.21. The van der Waals surface area contributed by atoms with Crippen LogP contribution in [0.3, 0.4) is 0 Å². The molecule has 1 unspecified atom stereocenters. The molecule has 0 bridgehead atoms. The Bertz CT molecular complexity index is 567. The van der Waals surface area contributed by atoms with Gasteiger partial charge in [0.2, 0.25) is 5.91 Å². The lowest BCUT2D eigenvalue weighted by molar-refractivity contribution is -0.115. The first-order chi connectivity index (χ1) is 11.1. The van der Waals surface area contributed by atoms with Crippen molar-refractivity contribution in [3.8, 4) is 0 Å². The van der Waals surface area contributed by atoms with Gasteiger partial charge in [0.25, 0.3) is 0 Å². The summed E-state index contributed by atoms with van der Waals surface area (Å²) in [5.74, 6) is 1.20. The Morgan fingerprint density at radius 2 is 2.35 bits per heavy atom. The summed E-state index contributed by atoms with van der Waals surface area (Å²) in [7, 11) is 1.72. The number of nitrogens with one attached hydrogen (secondary N) is 2. The molecule has 0 aliphatic carbocycles. The Labute approximate surface area is 140 Å². The van der Waals surface area contributed by atoms with Crippen LogP contribution in [0.25, 0.3) is 0 Å². The number of rotatable bonds is 4. The van der Waals surface area contributed by atoms with E-state index >= 15 is 0 Å². The van der Waals surface area contributed by atoms with Gasteiger partial charge >= 0.3 is 0 Å². The third-order valence-electron chi connectivity index (χ3n) is 3.62. The minimum absolute atomic E-state index is 0.101. The number of hydrogen-bond acceptors (Lipinski definition) is 3. The summed E-state index contributed by atoms with van der Waals surface area (Å²) in [4.78, 5) is 18.4. The van der Waals surface area contributed by atoms with Crippen molar-refractivity contribution in [2.45, 2.75) is 18.6 Å². The first-order valence-corrected chi connectivity index (χ1v) is 8.80. The maximum absolute atomic E-state index is 13.1. The van der Waals surface area contributed by atoms with Crippen LogP contribution in [0.15, 0.2) is 29.3 Å². The summed E-state index contributed by atoms with van der Waals surface area (Å²) in [5.41, 5.74) is 0.451. The van der Waals surface area contributed by atoms with Crippen LogP contribution >= 0.6 is 11.8 Å². The summed E-state index contributed by atoms with van der Waals surface area (Å²) in [5, 5.41) is 6.35. The zero-order chi connectivity index (χ0) is 16.7. The molecule has 0 saturated carbocycles. The fraction of sp³-hybridized carbons (Fsp3) is 0.500. The third kappa shape index (κ3) is 5.42. The number of halogens is 1. The topological polar surface area (TPSA) is 56.7 Å². The monoisotopic (exact) mass is 338 g/mol. The zero-order valence-corrected chi connectivity index (χ0v) is 14.3. The third-order valence-corrected chi connectivity index (χ3v) is 4.99. The van der Waals surface area contributed by atoms with Crippen molar-refractivity contribution >= 4 is 29.3 Å². The quantitative estimate of drug-likeness (QED) is 0.653. The van der Waals surface area contributed by atoms with Gasteiger partial charge in [0.15, 0.2) is 5.96 Å². The highest BCUT2D eigenvalue weighted by Crippen LogP contribution is 2.20. The van der Waals surface area contributed by atoms with E-state index in [0.29, 0.717) is 10.9 Å². The van der Waals surface area contributed by atoms with E-state index in [9.17, 15) is 9.18 Å². The number of guanidine groups is 1. The Kier molecular flexibility index (Phi) is 6.70. The predicted octanol–water partition coefficient (Wildman–Crippen LogP) is 2.17. The summed E-state index contributed by atoms with van der Waals surface area (Å²) >= 11 is 1.98. The van der Waals surface area contributed by atoms with Crippen molar-refractivity contribution in [1.29, 1.82) is 0 Å². The molecule has 1 amide bonds. The molecule has 126 valence electrons. The van der Waals surface area contributed by atoms with Crippen LogP contribution in [0.4, 0.5) is 10.1 Å². The smallest absolute Gasteiger partial charge is 0.243 e. The first-order valence-electron chi connectivity index (χ1n) is 7.75. The van der Waals surface area contributed by atoms with Crippen LogP contribution in [-0.4, -0.2) is 54.5 Å². The summed E-state index contributed by atoms with van der Waals surface area (Å²) < 4.78 is 13.1. The highest BCUT2D eigenvalue weighted by atomic mass is 32.2. The Balaban J connectivity index is 1.84. The van der Waals surface area contributed by atoms with Crippen LogP contribution < -0.4 is 10.6 Å². The van der Waals surface area contributed by atoms with Gasteiger partial charge in [-0.25, -0.2) is 4.39 Å². The lowest BCUT2D eigenvalue weighted by Crippen LogP contribution is -2.49. The van der Waals surface area contributed by atoms with Gasteiger partial charge in [0.05, 0.1) is 6.54 Å². The Morgan fingerprint density at radius 3 is 3.04 bits per heavy atom. The van der Waals surface area contributed by atoms with Crippen LogP contribution in [0, 0.1) is 5.82 Å². The number of thioether (sulfide) groups is 1. The molecule has 2 rings (SSSR count). The lowest BCUT2D eigenvalue weighted by atomic mass is 10.3. The molecule has 1 saturated heterocycles. The van der Waals surface area contributed by atoms with E-state index in [2.05, 4.69) is 27.4 Å². The normalized spacial score (nSPS) is 18.7. The second-order valence-corrected chi connectivity index (χ2v) is 6.71. The molecule has 7 heteroatoms. The van der Waals surface area contributed by atoms with Crippen molar-refractivity contribution in [1.82, 2.24) is 10.2 Å². The molecule has 5 nitrogen and oxygen atoms in total. The molecule has 1 aliphatic heterocycles. The van der Waals surface area contributed by atoms with E-state index in [0.717, 1.165) is 31.2 Å². The minimum Gasteiger partial charge on any atom is -0.347 e. The van der Waals surface area contributed by atoms with Crippen molar-refractivity contribution in [3.63, 3.8) is 0 Å². The van der Waals surface area contributed by atoms with Crippen LogP contribution in [0.2, 0.25) is 0 Å². The molecule has 1 atom stereocenters. The average molecular weight is 338 g/mol. The minimum atomic E-state index is -0.372. The molecule has 1 heterocycles. The summed E-state index contributed by atoms with van der Waals surface area (Å²) in [6.07, 6.45) is 1.12. The molecule has 0 spiro atoms. The number of carbonyl (C=O) groups is 1. The number of hydrogen-bond donors (Lipinski definition) is 2. The lowest BCUT2D eigenvalue weighted by Gasteiger charge is -2.34. The highest BCUT2D eigenvalue weighted by molar-refractivity contribution is 8.00. The largest absolute Gasteiger partial charge is 0.347 e. The number of benzene rings is 1. The van der Waals surface area contributed by atoms with Crippen molar-refractivity contribution < 1.29 is 9.18 Å². The molecular formula is C16H23FN4OS. The molecule has 2 N–H and O–H groups in total.